The molecule has 17 heavy (non-hydrogen) atoms. The zero-order valence-electron chi connectivity index (χ0n) is 9.69. The topological polar surface area (TPSA) is 77.0 Å². The van der Waals surface area contributed by atoms with Crippen LogP contribution in [0.2, 0.25) is 0 Å². The van der Waals surface area contributed by atoms with Crippen molar-refractivity contribution >= 4 is 24.8 Å². The molecule has 0 radical (unpaired) electrons. The lowest BCUT2D eigenvalue weighted by Gasteiger charge is -2.11. The minimum atomic E-state index is -0.133. The van der Waals surface area contributed by atoms with E-state index in [4.69, 9.17) is 11.5 Å². The summed E-state index contributed by atoms with van der Waals surface area (Å²) in [5.74, 6) is 0. The summed E-state index contributed by atoms with van der Waals surface area (Å²) in [4.78, 5) is 4.60. The molecule has 1 aliphatic rings. The van der Waals surface area contributed by atoms with Crippen molar-refractivity contribution in [1.82, 2.24) is 10.3 Å². The van der Waals surface area contributed by atoms with E-state index in [1.54, 1.807) is 0 Å². The molecule has 5 N–H and O–H groups in total. The van der Waals surface area contributed by atoms with Crippen LogP contribution in [0.1, 0.15) is 23.0 Å². The summed E-state index contributed by atoms with van der Waals surface area (Å²) in [5, 5.41) is 3.36. The van der Waals surface area contributed by atoms with Gasteiger partial charge in [0.05, 0.1) is 11.7 Å². The van der Waals surface area contributed by atoms with Crippen molar-refractivity contribution in [3.8, 4) is 0 Å². The van der Waals surface area contributed by atoms with Gasteiger partial charge < -0.3 is 16.8 Å². The van der Waals surface area contributed by atoms with Gasteiger partial charge in [-0.3, -0.25) is 4.98 Å². The number of nitrogens with two attached hydrogens (primary N) is 2. The number of pyridine rings is 1. The molecular weight excluding hydrogens is 259 g/mol. The van der Waals surface area contributed by atoms with E-state index in [0.29, 0.717) is 6.54 Å². The van der Waals surface area contributed by atoms with E-state index in [2.05, 4.69) is 16.4 Å². The first-order valence-corrected chi connectivity index (χ1v) is 5.46. The number of aromatic nitrogens is 1. The zero-order valence-corrected chi connectivity index (χ0v) is 11.3. The Balaban J connectivity index is 0.00000128. The molecule has 1 aromatic rings. The minimum Gasteiger partial charge on any atom is -0.329 e. The Bertz CT molecular complexity index is 346. The Morgan fingerprint density at radius 1 is 1.24 bits per heavy atom. The number of fused-ring (bicyclic) bond motifs is 1. The zero-order chi connectivity index (χ0) is 10.7. The molecule has 0 bridgehead atoms. The van der Waals surface area contributed by atoms with Gasteiger partial charge in [0.1, 0.15) is 0 Å². The van der Waals surface area contributed by atoms with E-state index in [0.717, 1.165) is 31.6 Å². The van der Waals surface area contributed by atoms with Gasteiger partial charge in [-0.1, -0.05) is 6.07 Å². The number of rotatable bonds is 2. The molecule has 98 valence electrons. The fourth-order valence-electron chi connectivity index (χ4n) is 1.87. The first kappa shape index (κ1) is 16.6. The van der Waals surface area contributed by atoms with E-state index >= 15 is 0 Å². The lowest BCUT2D eigenvalue weighted by Crippen LogP contribution is -2.22. The van der Waals surface area contributed by atoms with Crippen molar-refractivity contribution in [2.24, 2.45) is 11.5 Å². The number of nitrogens with one attached hydrogen (secondary N) is 1. The molecule has 0 aromatic carbocycles. The summed E-state index contributed by atoms with van der Waals surface area (Å²) in [5.41, 5.74) is 14.8. The van der Waals surface area contributed by atoms with Crippen LogP contribution in [0.3, 0.4) is 0 Å². The molecule has 0 spiro atoms. The van der Waals surface area contributed by atoms with E-state index < -0.39 is 0 Å². The van der Waals surface area contributed by atoms with Crippen molar-refractivity contribution in [2.45, 2.75) is 18.9 Å². The van der Waals surface area contributed by atoms with E-state index in [9.17, 15) is 0 Å². The van der Waals surface area contributed by atoms with Gasteiger partial charge >= 0.3 is 0 Å². The number of halogens is 2. The monoisotopic (exact) mass is 278 g/mol. The summed E-state index contributed by atoms with van der Waals surface area (Å²) < 4.78 is 0. The van der Waals surface area contributed by atoms with Crippen molar-refractivity contribution < 1.29 is 0 Å². The quantitative estimate of drug-likeness (QED) is 0.740. The summed E-state index contributed by atoms with van der Waals surface area (Å²) in [7, 11) is 0. The van der Waals surface area contributed by atoms with Crippen LogP contribution in [0.4, 0.5) is 0 Å². The normalized spacial score (nSPS) is 15.9. The molecule has 2 rings (SSSR count). The van der Waals surface area contributed by atoms with Crippen molar-refractivity contribution in [2.75, 3.05) is 19.6 Å². The molecule has 1 atom stereocenters. The second-order valence-corrected chi connectivity index (χ2v) is 3.93. The van der Waals surface area contributed by atoms with E-state index in [1.807, 2.05) is 6.07 Å². The van der Waals surface area contributed by atoms with Crippen molar-refractivity contribution in [3.63, 3.8) is 0 Å². The summed E-state index contributed by atoms with van der Waals surface area (Å²) in [6.07, 6.45) is 2.04. The van der Waals surface area contributed by atoms with Gasteiger partial charge in [-0.2, -0.15) is 0 Å². The SMILES string of the molecule is Cl.Cl.NCC(N)c1ccc2c(n1)CCNCC2. The number of hydrogen-bond donors (Lipinski definition) is 3. The number of nitrogens with zero attached hydrogens (tertiary/aromatic N) is 1. The Kier molecular flexibility index (Phi) is 7.66. The molecule has 2 heterocycles. The molecule has 0 aliphatic carbocycles. The molecule has 0 saturated carbocycles. The fraction of sp³-hybridized carbons (Fsp3) is 0.545. The summed E-state index contributed by atoms with van der Waals surface area (Å²) >= 11 is 0. The van der Waals surface area contributed by atoms with E-state index in [1.165, 1.54) is 11.3 Å². The highest BCUT2D eigenvalue weighted by molar-refractivity contribution is 5.85. The average Bonchev–Trinajstić information content (AvgIpc) is 2.51. The van der Waals surface area contributed by atoms with Crippen LogP contribution >= 0.6 is 24.8 Å². The van der Waals surface area contributed by atoms with Gasteiger partial charge in [0, 0.05) is 25.2 Å². The van der Waals surface area contributed by atoms with Crippen LogP contribution in [-0.2, 0) is 12.8 Å². The standard InChI is InChI=1S/C11H18N4.2ClH/c12-7-9(13)11-2-1-8-3-5-14-6-4-10(8)15-11;;/h1-2,9,14H,3-7,12-13H2;2*1H. The lowest BCUT2D eigenvalue weighted by atomic mass is 10.1. The van der Waals surface area contributed by atoms with Crippen molar-refractivity contribution in [1.29, 1.82) is 0 Å². The average molecular weight is 279 g/mol. The maximum absolute atomic E-state index is 5.86. The maximum Gasteiger partial charge on any atom is 0.0594 e. The second-order valence-electron chi connectivity index (χ2n) is 3.93. The molecule has 1 aliphatic heterocycles. The molecule has 1 unspecified atom stereocenters. The summed E-state index contributed by atoms with van der Waals surface area (Å²) in [6.45, 7) is 2.49. The van der Waals surface area contributed by atoms with E-state index in [-0.39, 0.29) is 30.9 Å². The maximum atomic E-state index is 5.86. The summed E-state index contributed by atoms with van der Waals surface area (Å²) in [6, 6.07) is 4.01. The van der Waals surface area contributed by atoms with Crippen LogP contribution < -0.4 is 16.8 Å². The first-order chi connectivity index (χ1) is 7.31. The van der Waals surface area contributed by atoms with Crippen LogP contribution in [0.5, 0.6) is 0 Å². The molecule has 4 nitrogen and oxygen atoms in total. The predicted octanol–water partition coefficient (Wildman–Crippen LogP) is 0.572. The van der Waals surface area contributed by atoms with Gasteiger partial charge in [-0.25, -0.2) is 0 Å². The Hall–Kier alpha value is -0.390. The largest absolute Gasteiger partial charge is 0.329 e. The van der Waals surface area contributed by atoms with Crippen LogP contribution in [0.15, 0.2) is 12.1 Å². The van der Waals surface area contributed by atoms with Gasteiger partial charge in [0.2, 0.25) is 0 Å². The number of hydrogen-bond acceptors (Lipinski definition) is 4. The molecule has 6 heteroatoms. The third-order valence-corrected chi connectivity index (χ3v) is 2.83. The Morgan fingerprint density at radius 2 is 1.94 bits per heavy atom. The van der Waals surface area contributed by atoms with Crippen LogP contribution in [-0.4, -0.2) is 24.6 Å². The fourth-order valence-corrected chi connectivity index (χ4v) is 1.87. The second kappa shape index (κ2) is 7.84. The minimum absolute atomic E-state index is 0. The van der Waals surface area contributed by atoms with Gasteiger partial charge in [-0.15, -0.1) is 24.8 Å². The van der Waals surface area contributed by atoms with Crippen LogP contribution in [0, 0.1) is 0 Å². The Morgan fingerprint density at radius 3 is 2.65 bits per heavy atom. The van der Waals surface area contributed by atoms with Crippen LogP contribution in [0.25, 0.3) is 0 Å². The van der Waals surface area contributed by atoms with Gasteiger partial charge in [-0.05, 0) is 24.6 Å². The lowest BCUT2D eigenvalue weighted by molar-refractivity contribution is 0.693. The smallest absolute Gasteiger partial charge is 0.0594 e. The Labute approximate surface area is 114 Å². The highest BCUT2D eigenvalue weighted by Crippen LogP contribution is 2.14. The molecule has 0 amide bonds. The highest BCUT2D eigenvalue weighted by Gasteiger charge is 2.12. The molecular formula is C11H20Cl2N4. The molecule has 0 fully saturated rings. The predicted molar refractivity (Wildman–Crippen MR) is 75.0 cm³/mol. The third-order valence-electron chi connectivity index (χ3n) is 2.83. The van der Waals surface area contributed by atoms with Gasteiger partial charge in [0.25, 0.3) is 0 Å². The molecule has 0 saturated heterocycles. The third kappa shape index (κ3) is 4.08. The highest BCUT2D eigenvalue weighted by atomic mass is 35.5. The first-order valence-electron chi connectivity index (χ1n) is 5.46. The van der Waals surface area contributed by atoms with Gasteiger partial charge in [0.15, 0.2) is 0 Å². The molecule has 1 aromatic heterocycles. The van der Waals surface area contributed by atoms with Crippen molar-refractivity contribution in [3.05, 3.63) is 29.1 Å².